The molecule has 3 rings (SSSR count). The smallest absolute Gasteiger partial charge is 0.247 e. The third kappa shape index (κ3) is 5.00. The van der Waals surface area contributed by atoms with Gasteiger partial charge in [-0.15, -0.1) is 24.9 Å². The van der Waals surface area contributed by atoms with Gasteiger partial charge >= 0.3 is 0 Å². The number of likely N-dealkylation sites (tertiary alicyclic amines) is 1. The summed E-state index contributed by atoms with van der Waals surface area (Å²) in [5.74, 6) is -0.997. The van der Waals surface area contributed by atoms with Crippen LogP contribution < -0.4 is 0 Å². The lowest BCUT2D eigenvalue weighted by atomic mass is 9.65. The minimum Gasteiger partial charge on any atom is -0.394 e. The first-order valence-electron chi connectivity index (χ1n) is 13.9. The van der Waals surface area contributed by atoms with Gasteiger partial charge in [0.2, 0.25) is 17.7 Å². The fourth-order valence-corrected chi connectivity index (χ4v) is 9.52. The number of rotatable bonds is 13. The minimum absolute atomic E-state index is 0.000222. The van der Waals surface area contributed by atoms with E-state index in [1.54, 1.807) is 40.8 Å². The van der Waals surface area contributed by atoms with Crippen LogP contribution in [0.1, 0.15) is 60.3 Å². The Morgan fingerprint density at radius 3 is 2.41 bits per heavy atom. The Kier molecular flexibility index (Phi) is 9.60. The zero-order chi connectivity index (χ0) is 27.7. The Morgan fingerprint density at radius 1 is 1.22 bits per heavy atom. The van der Waals surface area contributed by atoms with Crippen LogP contribution in [0.2, 0.25) is 0 Å². The summed E-state index contributed by atoms with van der Waals surface area (Å²) in [4.78, 5) is 47.9. The number of hydrogen-bond acceptors (Lipinski definition) is 5. The van der Waals surface area contributed by atoms with Crippen LogP contribution in [0.5, 0.6) is 0 Å². The van der Waals surface area contributed by atoms with E-state index in [0.29, 0.717) is 19.5 Å². The molecule has 0 aromatic carbocycles. The van der Waals surface area contributed by atoms with Crippen molar-refractivity contribution >= 4 is 29.5 Å². The average Bonchev–Trinajstić information content (AvgIpc) is 3.44. The standard InChI is InChI=1S/C29H47N3O4S/c1-9-12-20(7)31(14-11-3)28(36)25-29-19(6)16-22(37-29)23(26(34)30(8)13-10-2)24(29)27(35)32(25)21(17-33)15-18(4)5/h10-11,18-25,33H,2-3,9,12-17H2,1,4-8H3/t19?,20?,21-,22+,23-,24+,25?,29?/m1/s1. The number of thioether (sulfide) groups is 1. The van der Waals surface area contributed by atoms with Crippen LogP contribution in [0.3, 0.4) is 0 Å². The molecule has 0 aromatic heterocycles. The van der Waals surface area contributed by atoms with Crippen molar-refractivity contribution in [1.29, 1.82) is 0 Å². The SMILES string of the molecule is C=CCN(C)C(=O)[C@@H]1[C@@H]2CC(C)C3(S2)C(C(=O)N(CC=C)C(C)CCC)N([C@@H](CO)CC(C)C)C(=O)[C@H]13. The molecule has 37 heavy (non-hydrogen) atoms. The highest BCUT2D eigenvalue weighted by atomic mass is 32.2. The second-order valence-corrected chi connectivity index (χ2v) is 13.2. The Labute approximate surface area is 227 Å². The van der Waals surface area contributed by atoms with Crippen molar-refractivity contribution in [2.45, 2.75) is 88.4 Å². The van der Waals surface area contributed by atoms with E-state index in [-0.39, 0.29) is 47.5 Å². The fraction of sp³-hybridized carbons (Fsp3) is 0.759. The fourth-order valence-electron chi connectivity index (χ4n) is 7.13. The van der Waals surface area contributed by atoms with Gasteiger partial charge in [0.05, 0.1) is 29.2 Å². The second kappa shape index (κ2) is 11.9. The lowest BCUT2D eigenvalue weighted by Crippen LogP contribution is -2.60. The summed E-state index contributed by atoms with van der Waals surface area (Å²) >= 11 is 1.69. The van der Waals surface area contributed by atoms with Crippen LogP contribution in [0.4, 0.5) is 0 Å². The van der Waals surface area contributed by atoms with Gasteiger partial charge in [-0.3, -0.25) is 14.4 Å². The second-order valence-electron chi connectivity index (χ2n) is 11.7. The molecule has 8 heteroatoms. The molecule has 0 radical (unpaired) electrons. The number of aliphatic hydroxyl groups is 1. The first-order valence-corrected chi connectivity index (χ1v) is 14.8. The maximum Gasteiger partial charge on any atom is 0.247 e. The van der Waals surface area contributed by atoms with Gasteiger partial charge in [-0.1, -0.05) is 46.3 Å². The van der Waals surface area contributed by atoms with E-state index in [4.69, 9.17) is 0 Å². The lowest BCUT2D eigenvalue weighted by molar-refractivity contribution is -0.147. The maximum absolute atomic E-state index is 14.6. The summed E-state index contributed by atoms with van der Waals surface area (Å²) in [6, 6.07) is -1.19. The Hall–Kier alpha value is -1.80. The summed E-state index contributed by atoms with van der Waals surface area (Å²) in [6.45, 7) is 18.7. The summed E-state index contributed by atoms with van der Waals surface area (Å²) < 4.78 is -0.691. The van der Waals surface area contributed by atoms with Gasteiger partial charge in [0.1, 0.15) is 6.04 Å². The number of carbonyl (C=O) groups excluding carboxylic acids is 3. The minimum atomic E-state index is -0.715. The quantitative estimate of drug-likeness (QED) is 0.366. The van der Waals surface area contributed by atoms with Gasteiger partial charge in [0.15, 0.2) is 0 Å². The molecule has 3 amide bonds. The van der Waals surface area contributed by atoms with Crippen molar-refractivity contribution in [1.82, 2.24) is 14.7 Å². The molecule has 0 aliphatic carbocycles. The molecule has 3 aliphatic rings. The predicted octanol–water partition coefficient (Wildman–Crippen LogP) is 3.58. The molecule has 208 valence electrons. The molecule has 2 bridgehead atoms. The molecule has 1 spiro atoms. The first-order chi connectivity index (χ1) is 17.5. The normalized spacial score (nSPS) is 31.8. The highest BCUT2D eigenvalue weighted by Crippen LogP contribution is 2.69. The molecule has 8 atom stereocenters. The highest BCUT2D eigenvalue weighted by Gasteiger charge is 2.77. The van der Waals surface area contributed by atoms with Gasteiger partial charge in [0.25, 0.3) is 0 Å². The third-order valence-electron chi connectivity index (χ3n) is 8.68. The van der Waals surface area contributed by atoms with Crippen LogP contribution in [0.25, 0.3) is 0 Å². The number of carbonyl (C=O) groups is 3. The van der Waals surface area contributed by atoms with Crippen molar-refractivity contribution in [3.05, 3.63) is 25.3 Å². The summed E-state index contributed by atoms with van der Waals surface area (Å²) in [7, 11) is 1.75. The van der Waals surface area contributed by atoms with Crippen LogP contribution >= 0.6 is 11.8 Å². The monoisotopic (exact) mass is 533 g/mol. The molecule has 7 nitrogen and oxygen atoms in total. The Balaban J connectivity index is 2.16. The molecule has 3 aliphatic heterocycles. The zero-order valence-electron chi connectivity index (χ0n) is 23.6. The summed E-state index contributed by atoms with van der Waals surface area (Å²) in [6.07, 6.45) is 6.62. The number of hydrogen-bond donors (Lipinski definition) is 1. The van der Waals surface area contributed by atoms with E-state index in [1.165, 1.54) is 0 Å². The third-order valence-corrected chi connectivity index (χ3v) is 10.8. The topological polar surface area (TPSA) is 81.2 Å². The Bertz CT molecular complexity index is 894. The van der Waals surface area contributed by atoms with E-state index in [9.17, 15) is 19.5 Å². The first kappa shape index (κ1) is 29.8. The molecule has 1 N–H and O–H groups in total. The van der Waals surface area contributed by atoms with Gasteiger partial charge in [-0.05, 0) is 38.0 Å². The van der Waals surface area contributed by atoms with Crippen molar-refractivity contribution in [2.75, 3.05) is 26.7 Å². The van der Waals surface area contributed by atoms with Gasteiger partial charge in [-0.25, -0.2) is 0 Å². The lowest BCUT2D eigenvalue weighted by Gasteiger charge is -2.43. The maximum atomic E-state index is 14.6. The van der Waals surface area contributed by atoms with Crippen LogP contribution in [-0.4, -0.2) is 92.4 Å². The summed E-state index contributed by atoms with van der Waals surface area (Å²) in [5, 5.41) is 10.5. The molecular weight excluding hydrogens is 486 g/mol. The van der Waals surface area contributed by atoms with Crippen molar-refractivity contribution in [3.63, 3.8) is 0 Å². The predicted molar refractivity (Wildman–Crippen MR) is 150 cm³/mol. The van der Waals surface area contributed by atoms with E-state index in [2.05, 4.69) is 47.8 Å². The van der Waals surface area contributed by atoms with Gasteiger partial charge in [-0.2, -0.15) is 0 Å². The molecule has 4 unspecified atom stereocenters. The van der Waals surface area contributed by atoms with Crippen LogP contribution in [0, 0.1) is 23.7 Å². The van der Waals surface area contributed by atoms with E-state index < -0.39 is 28.7 Å². The molecule has 0 saturated carbocycles. The number of fused-ring (bicyclic) bond motifs is 1. The van der Waals surface area contributed by atoms with Crippen molar-refractivity contribution in [2.24, 2.45) is 23.7 Å². The van der Waals surface area contributed by atoms with Crippen molar-refractivity contribution < 1.29 is 19.5 Å². The number of likely N-dealkylation sites (N-methyl/N-ethyl adjacent to an activating group) is 1. The van der Waals surface area contributed by atoms with E-state index in [0.717, 1.165) is 19.3 Å². The van der Waals surface area contributed by atoms with Gasteiger partial charge in [0, 0.05) is 31.4 Å². The van der Waals surface area contributed by atoms with Crippen molar-refractivity contribution in [3.8, 4) is 0 Å². The molecule has 3 saturated heterocycles. The molecule has 0 aromatic rings. The number of nitrogens with zero attached hydrogens (tertiary/aromatic N) is 3. The summed E-state index contributed by atoms with van der Waals surface area (Å²) in [5.41, 5.74) is 0. The molecule has 3 fully saturated rings. The zero-order valence-corrected chi connectivity index (χ0v) is 24.4. The Morgan fingerprint density at radius 2 is 1.86 bits per heavy atom. The molecular formula is C29H47N3O4S. The van der Waals surface area contributed by atoms with Crippen LogP contribution in [-0.2, 0) is 14.4 Å². The van der Waals surface area contributed by atoms with E-state index >= 15 is 0 Å². The van der Waals surface area contributed by atoms with Gasteiger partial charge < -0.3 is 19.8 Å². The number of amides is 3. The average molecular weight is 534 g/mol. The molecule has 3 heterocycles. The highest BCUT2D eigenvalue weighted by molar-refractivity contribution is 8.02. The van der Waals surface area contributed by atoms with E-state index in [1.807, 2.05) is 4.90 Å². The van der Waals surface area contributed by atoms with Crippen LogP contribution in [0.15, 0.2) is 25.3 Å². The number of aliphatic hydroxyl groups excluding tert-OH is 1. The largest absolute Gasteiger partial charge is 0.394 e.